The Bertz CT molecular complexity index is 444. The summed E-state index contributed by atoms with van der Waals surface area (Å²) in [5.41, 5.74) is 7.27. The number of methoxy groups -OCH3 is 1. The summed E-state index contributed by atoms with van der Waals surface area (Å²) in [7, 11) is 1.77. The summed E-state index contributed by atoms with van der Waals surface area (Å²) < 4.78 is 19.8. The minimum atomic E-state index is -0.232. The monoisotopic (exact) mass is 343 g/mol. The zero-order valence-corrected chi connectivity index (χ0v) is 13.6. The van der Waals surface area contributed by atoms with Gasteiger partial charge in [0.05, 0.1) is 5.60 Å². The second kappa shape index (κ2) is 7.01. The lowest BCUT2D eigenvalue weighted by atomic mass is 9.83. The van der Waals surface area contributed by atoms with Gasteiger partial charge in [-0.3, -0.25) is 0 Å². The number of ether oxygens (including phenoxy) is 1. The first-order valence-corrected chi connectivity index (χ1v) is 8.11. The van der Waals surface area contributed by atoms with Gasteiger partial charge in [-0.25, -0.2) is 4.39 Å². The van der Waals surface area contributed by atoms with Gasteiger partial charge >= 0.3 is 0 Å². The van der Waals surface area contributed by atoms with Gasteiger partial charge in [0.25, 0.3) is 0 Å². The first kappa shape index (κ1) is 15.9. The van der Waals surface area contributed by atoms with Crippen LogP contribution in [0.15, 0.2) is 22.7 Å². The van der Waals surface area contributed by atoms with Gasteiger partial charge in [-0.15, -0.1) is 0 Å². The Morgan fingerprint density at radius 2 is 1.95 bits per heavy atom. The molecule has 0 aliphatic heterocycles. The van der Waals surface area contributed by atoms with E-state index in [4.69, 9.17) is 10.5 Å². The molecule has 4 heteroatoms. The van der Waals surface area contributed by atoms with Crippen molar-refractivity contribution in [2.75, 3.05) is 7.11 Å². The van der Waals surface area contributed by atoms with Crippen molar-refractivity contribution in [2.45, 2.75) is 56.6 Å². The molecule has 0 bridgehead atoms. The van der Waals surface area contributed by atoms with E-state index in [1.54, 1.807) is 13.2 Å². The number of rotatable bonds is 4. The average molecular weight is 344 g/mol. The lowest BCUT2D eigenvalue weighted by Gasteiger charge is -2.37. The van der Waals surface area contributed by atoms with Gasteiger partial charge in [0.2, 0.25) is 0 Å². The standard InChI is InChI=1S/C16H23BrFNO/c1-20-16(8-4-2-3-5-9-16)15(19)10-12-6-7-13(18)11-14(12)17/h6-7,11,15H,2-5,8-10,19H2,1H3. The maximum atomic E-state index is 13.1. The first-order valence-electron chi connectivity index (χ1n) is 7.32. The van der Waals surface area contributed by atoms with Gasteiger partial charge in [-0.2, -0.15) is 0 Å². The highest BCUT2D eigenvalue weighted by Gasteiger charge is 2.37. The van der Waals surface area contributed by atoms with Crippen molar-refractivity contribution in [3.63, 3.8) is 0 Å². The van der Waals surface area contributed by atoms with Crippen LogP contribution in [0.1, 0.15) is 44.1 Å². The molecule has 0 radical (unpaired) electrons. The summed E-state index contributed by atoms with van der Waals surface area (Å²) in [5.74, 6) is -0.231. The fourth-order valence-corrected chi connectivity index (χ4v) is 3.68. The van der Waals surface area contributed by atoms with Crippen molar-refractivity contribution in [1.82, 2.24) is 0 Å². The minimum Gasteiger partial charge on any atom is -0.377 e. The molecule has 112 valence electrons. The van der Waals surface area contributed by atoms with Crippen LogP contribution >= 0.6 is 15.9 Å². The van der Waals surface area contributed by atoms with Crippen molar-refractivity contribution >= 4 is 15.9 Å². The van der Waals surface area contributed by atoms with Crippen LogP contribution < -0.4 is 5.73 Å². The molecule has 1 unspecified atom stereocenters. The third-order valence-corrected chi connectivity index (χ3v) is 5.23. The van der Waals surface area contributed by atoms with Crippen LogP contribution in [0.25, 0.3) is 0 Å². The Kier molecular flexibility index (Phi) is 5.58. The largest absolute Gasteiger partial charge is 0.377 e. The Balaban J connectivity index is 2.13. The fourth-order valence-electron chi connectivity index (χ4n) is 3.16. The third-order valence-electron chi connectivity index (χ3n) is 4.49. The highest BCUT2D eigenvalue weighted by atomic mass is 79.9. The van der Waals surface area contributed by atoms with Gasteiger partial charge in [0.1, 0.15) is 5.82 Å². The first-order chi connectivity index (χ1) is 9.57. The molecule has 2 N–H and O–H groups in total. The molecule has 0 heterocycles. The van der Waals surface area contributed by atoms with Gasteiger partial charge in [0, 0.05) is 17.6 Å². The van der Waals surface area contributed by atoms with Crippen molar-refractivity contribution in [1.29, 1.82) is 0 Å². The van der Waals surface area contributed by atoms with E-state index in [1.807, 2.05) is 0 Å². The molecular formula is C16H23BrFNO. The highest BCUT2D eigenvalue weighted by Crippen LogP contribution is 2.34. The molecule has 1 fully saturated rings. The van der Waals surface area contributed by atoms with E-state index < -0.39 is 0 Å². The number of hydrogen-bond acceptors (Lipinski definition) is 2. The van der Waals surface area contributed by atoms with E-state index in [1.165, 1.54) is 37.8 Å². The van der Waals surface area contributed by atoms with Crippen LogP contribution in [-0.4, -0.2) is 18.8 Å². The normalized spacial score (nSPS) is 20.4. The molecule has 1 aliphatic carbocycles. The Labute approximate surface area is 129 Å². The molecule has 1 atom stereocenters. The molecular weight excluding hydrogens is 321 g/mol. The maximum absolute atomic E-state index is 13.1. The quantitative estimate of drug-likeness (QED) is 0.831. The topological polar surface area (TPSA) is 35.2 Å². The molecule has 20 heavy (non-hydrogen) atoms. The highest BCUT2D eigenvalue weighted by molar-refractivity contribution is 9.10. The molecule has 1 aromatic rings. The van der Waals surface area contributed by atoms with Gasteiger partial charge in [-0.05, 0) is 37.0 Å². The van der Waals surface area contributed by atoms with Gasteiger partial charge in [-0.1, -0.05) is 47.7 Å². The average Bonchev–Trinajstić information content (AvgIpc) is 2.68. The molecule has 1 aromatic carbocycles. The van der Waals surface area contributed by atoms with Crippen LogP contribution in [0.4, 0.5) is 4.39 Å². The zero-order chi connectivity index (χ0) is 14.6. The van der Waals surface area contributed by atoms with E-state index in [0.717, 1.165) is 22.9 Å². The van der Waals surface area contributed by atoms with Crippen LogP contribution in [0.2, 0.25) is 0 Å². The number of hydrogen-bond donors (Lipinski definition) is 1. The number of nitrogens with two attached hydrogens (primary N) is 1. The summed E-state index contributed by atoms with van der Waals surface area (Å²) in [4.78, 5) is 0. The molecule has 0 aromatic heterocycles. The summed E-state index contributed by atoms with van der Waals surface area (Å²) >= 11 is 3.42. The minimum absolute atomic E-state index is 0.0626. The van der Waals surface area contributed by atoms with Crippen molar-refractivity contribution < 1.29 is 9.13 Å². The van der Waals surface area contributed by atoms with Crippen molar-refractivity contribution in [2.24, 2.45) is 5.73 Å². The maximum Gasteiger partial charge on any atom is 0.124 e. The Hall–Kier alpha value is -0.450. The molecule has 1 aliphatic rings. The number of benzene rings is 1. The Morgan fingerprint density at radius 1 is 1.30 bits per heavy atom. The zero-order valence-electron chi connectivity index (χ0n) is 12.0. The van der Waals surface area contributed by atoms with Gasteiger partial charge in [0.15, 0.2) is 0 Å². The summed E-state index contributed by atoms with van der Waals surface area (Å²) in [6.45, 7) is 0. The van der Waals surface area contributed by atoms with Crippen LogP contribution in [0.5, 0.6) is 0 Å². The van der Waals surface area contributed by atoms with Crippen molar-refractivity contribution in [3.8, 4) is 0 Å². The fraction of sp³-hybridized carbons (Fsp3) is 0.625. The van der Waals surface area contributed by atoms with Gasteiger partial charge < -0.3 is 10.5 Å². The second-order valence-electron chi connectivity index (χ2n) is 5.73. The smallest absolute Gasteiger partial charge is 0.124 e. The van der Waals surface area contributed by atoms with E-state index in [9.17, 15) is 4.39 Å². The SMILES string of the molecule is COC1(C(N)Cc2ccc(F)cc2Br)CCCCCC1. The Morgan fingerprint density at radius 3 is 2.50 bits per heavy atom. The molecule has 2 rings (SSSR count). The summed E-state index contributed by atoms with van der Waals surface area (Å²) in [6, 6.07) is 4.72. The third kappa shape index (κ3) is 3.60. The lowest BCUT2D eigenvalue weighted by Crippen LogP contribution is -2.50. The predicted octanol–water partition coefficient (Wildman–Crippen LogP) is 4.20. The predicted molar refractivity (Wildman–Crippen MR) is 83.2 cm³/mol. The molecule has 0 saturated heterocycles. The molecule has 0 amide bonds. The van der Waals surface area contributed by atoms with E-state index in [0.29, 0.717) is 6.42 Å². The van der Waals surface area contributed by atoms with Crippen LogP contribution in [0.3, 0.4) is 0 Å². The van der Waals surface area contributed by atoms with E-state index in [-0.39, 0.29) is 17.5 Å². The second-order valence-corrected chi connectivity index (χ2v) is 6.58. The lowest BCUT2D eigenvalue weighted by molar-refractivity contribution is -0.0430. The van der Waals surface area contributed by atoms with E-state index >= 15 is 0 Å². The molecule has 2 nitrogen and oxygen atoms in total. The van der Waals surface area contributed by atoms with Crippen molar-refractivity contribution in [3.05, 3.63) is 34.1 Å². The summed E-state index contributed by atoms with van der Waals surface area (Å²) in [5, 5.41) is 0. The summed E-state index contributed by atoms with van der Waals surface area (Å²) in [6.07, 6.45) is 7.61. The molecule has 0 spiro atoms. The molecule has 1 saturated carbocycles. The van der Waals surface area contributed by atoms with Crippen LogP contribution in [-0.2, 0) is 11.2 Å². The van der Waals surface area contributed by atoms with E-state index in [2.05, 4.69) is 15.9 Å². The number of halogens is 2. The van der Waals surface area contributed by atoms with Crippen LogP contribution in [0, 0.1) is 5.82 Å².